The van der Waals surface area contributed by atoms with Crippen LogP contribution in [0.15, 0.2) is 54.6 Å². The van der Waals surface area contributed by atoms with E-state index in [2.05, 4.69) is 30.5 Å². The number of tetrazole rings is 1. The Morgan fingerprint density at radius 2 is 2.00 bits per heavy atom. The van der Waals surface area contributed by atoms with Crippen molar-refractivity contribution in [2.75, 3.05) is 0 Å². The largest absolute Gasteiger partial charge is 0.366 e. The van der Waals surface area contributed by atoms with E-state index in [1.54, 1.807) is 35.4 Å². The predicted octanol–water partition coefficient (Wildman–Crippen LogP) is 2.52. The maximum Gasteiger partial charge on any atom is 0.244 e. The van der Waals surface area contributed by atoms with Gasteiger partial charge in [0.2, 0.25) is 5.91 Å². The van der Waals surface area contributed by atoms with E-state index in [4.69, 9.17) is 5.73 Å². The highest BCUT2D eigenvalue weighted by Gasteiger charge is 2.43. The van der Waals surface area contributed by atoms with Gasteiger partial charge in [0.05, 0.1) is 23.3 Å². The summed E-state index contributed by atoms with van der Waals surface area (Å²) in [6.45, 7) is 5.92. The minimum Gasteiger partial charge on any atom is -0.366 e. The lowest BCUT2D eigenvalue weighted by Gasteiger charge is -2.39. The van der Waals surface area contributed by atoms with E-state index in [0.29, 0.717) is 28.5 Å². The summed E-state index contributed by atoms with van der Waals surface area (Å²) in [6.07, 6.45) is 9.92. The third-order valence-corrected chi connectivity index (χ3v) is 5.79. The molecule has 164 valence electrons. The van der Waals surface area contributed by atoms with Crippen molar-refractivity contribution in [2.24, 2.45) is 5.73 Å². The number of pyridine rings is 1. The number of hydrogen-bond acceptors (Lipinski definition) is 7. The molecule has 10 heteroatoms. The maximum atomic E-state index is 13.7. The third-order valence-electron chi connectivity index (χ3n) is 5.79. The van der Waals surface area contributed by atoms with Crippen molar-refractivity contribution in [3.8, 4) is 0 Å². The van der Waals surface area contributed by atoms with Gasteiger partial charge in [-0.3, -0.25) is 19.7 Å². The van der Waals surface area contributed by atoms with Crippen LogP contribution in [-0.2, 0) is 10.2 Å². The highest BCUT2D eigenvalue weighted by Crippen LogP contribution is 2.47. The minimum atomic E-state index is -0.877. The fourth-order valence-electron chi connectivity index (χ4n) is 4.03. The van der Waals surface area contributed by atoms with Crippen LogP contribution in [0.2, 0.25) is 0 Å². The summed E-state index contributed by atoms with van der Waals surface area (Å²) in [4.78, 5) is 25.4. The molecule has 0 aliphatic heterocycles. The molecule has 1 amide bonds. The van der Waals surface area contributed by atoms with Gasteiger partial charge in [-0.1, -0.05) is 20.8 Å². The second-order valence-corrected chi connectivity index (χ2v) is 8.14. The van der Waals surface area contributed by atoms with Gasteiger partial charge >= 0.3 is 0 Å². The van der Waals surface area contributed by atoms with E-state index >= 15 is 0 Å². The van der Waals surface area contributed by atoms with Gasteiger partial charge in [0, 0.05) is 41.4 Å². The smallest absolute Gasteiger partial charge is 0.244 e. The number of primary amides is 1. The van der Waals surface area contributed by atoms with Gasteiger partial charge < -0.3 is 5.73 Å². The number of rotatable bonds is 6. The fraction of sp³-hybridized carbons (Fsp3) is 0.318. The number of halogens is 1. The molecule has 0 radical (unpaired) electrons. The molecule has 3 heterocycles. The molecule has 32 heavy (non-hydrogen) atoms. The van der Waals surface area contributed by atoms with Crippen LogP contribution in [0.1, 0.15) is 56.2 Å². The zero-order valence-electron chi connectivity index (χ0n) is 18.0. The van der Waals surface area contributed by atoms with Crippen LogP contribution in [0.4, 0.5) is 4.39 Å². The van der Waals surface area contributed by atoms with Crippen LogP contribution in [0.5, 0.6) is 0 Å². The molecule has 1 aliphatic carbocycles. The van der Waals surface area contributed by atoms with Crippen LogP contribution in [-0.4, -0.2) is 41.1 Å². The molecule has 0 fully saturated rings. The minimum absolute atomic E-state index is 0.0361. The van der Waals surface area contributed by atoms with Crippen LogP contribution in [0.25, 0.3) is 5.70 Å². The SMILES string of the molecule is CC(C)c1nnnn1C1=CC(c2ccc(F)cn2)(C(C)c2cnccn2)CC(C(N)=O)=C1. The lowest BCUT2D eigenvalue weighted by atomic mass is 9.65. The second kappa shape index (κ2) is 8.37. The van der Waals surface area contributed by atoms with Gasteiger partial charge in [0.25, 0.3) is 0 Å². The molecule has 1 aliphatic rings. The molecule has 2 N–H and O–H groups in total. The van der Waals surface area contributed by atoms with Crippen molar-refractivity contribution in [1.29, 1.82) is 0 Å². The second-order valence-electron chi connectivity index (χ2n) is 8.14. The Balaban J connectivity index is 1.98. The number of hydrogen-bond donors (Lipinski definition) is 1. The first-order valence-corrected chi connectivity index (χ1v) is 10.2. The van der Waals surface area contributed by atoms with Crippen LogP contribution < -0.4 is 5.73 Å². The monoisotopic (exact) mass is 434 g/mol. The van der Waals surface area contributed by atoms with E-state index in [-0.39, 0.29) is 18.3 Å². The van der Waals surface area contributed by atoms with Gasteiger partial charge in [0.15, 0.2) is 5.82 Å². The Bertz CT molecular complexity index is 1190. The average molecular weight is 434 g/mol. The first-order valence-electron chi connectivity index (χ1n) is 10.2. The molecule has 0 saturated carbocycles. The summed E-state index contributed by atoms with van der Waals surface area (Å²) in [5, 5.41) is 12.1. The quantitative estimate of drug-likeness (QED) is 0.632. The average Bonchev–Trinajstić information content (AvgIpc) is 3.30. The summed E-state index contributed by atoms with van der Waals surface area (Å²) >= 11 is 0. The van der Waals surface area contributed by atoms with Crippen LogP contribution in [0, 0.1) is 5.82 Å². The molecular weight excluding hydrogens is 411 g/mol. The van der Waals surface area contributed by atoms with Gasteiger partial charge in [-0.05, 0) is 41.1 Å². The molecule has 3 aromatic rings. The van der Waals surface area contributed by atoms with E-state index in [9.17, 15) is 9.18 Å². The lowest BCUT2D eigenvalue weighted by Crippen LogP contribution is -2.37. The number of carbonyl (C=O) groups is 1. The van der Waals surface area contributed by atoms with Crippen molar-refractivity contribution in [3.05, 3.63) is 77.7 Å². The van der Waals surface area contributed by atoms with Crippen molar-refractivity contribution in [2.45, 2.75) is 44.4 Å². The Morgan fingerprint density at radius 3 is 2.62 bits per heavy atom. The number of aromatic nitrogens is 7. The molecule has 9 nitrogen and oxygen atoms in total. The highest BCUT2D eigenvalue weighted by molar-refractivity contribution is 5.95. The van der Waals surface area contributed by atoms with Crippen molar-refractivity contribution >= 4 is 11.6 Å². The van der Waals surface area contributed by atoms with Gasteiger partial charge in [-0.15, -0.1) is 5.10 Å². The van der Waals surface area contributed by atoms with E-state index < -0.39 is 17.1 Å². The summed E-state index contributed by atoms with van der Waals surface area (Å²) in [5.41, 5.74) is 7.10. The summed E-state index contributed by atoms with van der Waals surface area (Å²) in [5.74, 6) is -0.636. The normalized spacial score (nSPS) is 19.4. The number of nitrogens with zero attached hydrogens (tertiary/aromatic N) is 7. The molecule has 2 unspecified atom stereocenters. The zero-order valence-corrected chi connectivity index (χ0v) is 18.0. The number of nitrogens with two attached hydrogens (primary N) is 1. The van der Waals surface area contributed by atoms with Crippen molar-refractivity contribution in [3.63, 3.8) is 0 Å². The van der Waals surface area contributed by atoms with Crippen LogP contribution >= 0.6 is 0 Å². The first-order chi connectivity index (χ1) is 15.3. The summed E-state index contributed by atoms with van der Waals surface area (Å²) < 4.78 is 15.3. The van der Waals surface area contributed by atoms with Crippen molar-refractivity contribution in [1.82, 2.24) is 35.2 Å². The molecule has 0 bridgehead atoms. The summed E-state index contributed by atoms with van der Waals surface area (Å²) in [6, 6.07) is 2.96. The first kappa shape index (κ1) is 21.4. The Labute approximate surface area is 184 Å². The molecule has 0 aromatic carbocycles. The highest BCUT2D eigenvalue weighted by atomic mass is 19.1. The third kappa shape index (κ3) is 3.79. The molecule has 0 saturated heterocycles. The lowest BCUT2D eigenvalue weighted by molar-refractivity contribution is -0.114. The van der Waals surface area contributed by atoms with Gasteiger partial charge in [0.1, 0.15) is 5.82 Å². The van der Waals surface area contributed by atoms with Gasteiger partial charge in [-0.2, -0.15) is 4.68 Å². The topological polar surface area (TPSA) is 125 Å². The van der Waals surface area contributed by atoms with Crippen molar-refractivity contribution < 1.29 is 9.18 Å². The number of allylic oxidation sites excluding steroid dienone is 3. The standard InChI is InChI=1S/C22H23FN8O/c1-13(2)21-28-29-30-31(21)17-8-15(20(24)32)9-22(10-17,19-5-4-16(23)11-27-19)14(3)18-12-25-6-7-26-18/h4-8,10-14H,9H2,1-3H3,(H2,24,32). The maximum absolute atomic E-state index is 13.7. The Hall–Kier alpha value is -3.82. The number of amides is 1. The van der Waals surface area contributed by atoms with E-state index in [1.807, 2.05) is 26.8 Å². The molecule has 2 atom stereocenters. The van der Waals surface area contributed by atoms with Gasteiger partial charge in [-0.25, -0.2) is 4.39 Å². The molecule has 3 aromatic heterocycles. The molecular formula is C22H23FN8O. The predicted molar refractivity (Wildman–Crippen MR) is 114 cm³/mol. The molecule has 4 rings (SSSR count). The number of carbonyl (C=O) groups excluding carboxylic acids is 1. The zero-order chi connectivity index (χ0) is 22.9. The van der Waals surface area contributed by atoms with E-state index in [0.717, 1.165) is 6.20 Å². The Kier molecular flexibility index (Phi) is 5.60. The molecule has 0 spiro atoms. The summed E-state index contributed by atoms with van der Waals surface area (Å²) in [7, 11) is 0. The van der Waals surface area contributed by atoms with E-state index in [1.165, 1.54) is 6.07 Å². The Morgan fingerprint density at radius 1 is 1.19 bits per heavy atom. The van der Waals surface area contributed by atoms with Crippen LogP contribution in [0.3, 0.4) is 0 Å². The fourth-order valence-corrected chi connectivity index (χ4v) is 4.03.